The van der Waals surface area contributed by atoms with Gasteiger partial charge in [-0.1, -0.05) is 38.1 Å². The van der Waals surface area contributed by atoms with E-state index in [4.69, 9.17) is 4.42 Å². The third-order valence-corrected chi connectivity index (χ3v) is 4.06. The summed E-state index contributed by atoms with van der Waals surface area (Å²) in [5.74, 6) is -0.280. The van der Waals surface area contributed by atoms with Crippen molar-refractivity contribution >= 4 is 11.8 Å². The van der Waals surface area contributed by atoms with Crippen LogP contribution >= 0.6 is 0 Å². The summed E-state index contributed by atoms with van der Waals surface area (Å²) in [5, 5.41) is 2.92. The van der Waals surface area contributed by atoms with Crippen molar-refractivity contribution in [1.82, 2.24) is 10.2 Å². The lowest BCUT2D eigenvalue weighted by molar-refractivity contribution is -0.121. The molecule has 0 fully saturated rings. The Hall–Kier alpha value is -2.56. The smallest absolute Gasteiger partial charge is 0.289 e. The molecule has 0 unspecified atom stereocenters. The van der Waals surface area contributed by atoms with Gasteiger partial charge in [-0.25, -0.2) is 0 Å². The molecule has 2 amide bonds. The zero-order valence-electron chi connectivity index (χ0n) is 14.6. The quantitative estimate of drug-likeness (QED) is 0.887. The second-order valence-corrected chi connectivity index (χ2v) is 6.61. The van der Waals surface area contributed by atoms with Crippen LogP contribution < -0.4 is 5.32 Å². The fourth-order valence-electron chi connectivity index (χ4n) is 2.68. The minimum Gasteiger partial charge on any atom is -0.459 e. The summed E-state index contributed by atoms with van der Waals surface area (Å²) in [6.07, 6.45) is 1.44. The first kappa shape index (κ1) is 17.8. The van der Waals surface area contributed by atoms with Gasteiger partial charge >= 0.3 is 0 Å². The topological polar surface area (TPSA) is 62.6 Å². The van der Waals surface area contributed by atoms with E-state index in [-0.39, 0.29) is 29.5 Å². The van der Waals surface area contributed by atoms with E-state index < -0.39 is 0 Å². The summed E-state index contributed by atoms with van der Waals surface area (Å²) in [7, 11) is 1.58. The monoisotopic (exact) mass is 328 g/mol. The Labute approximate surface area is 142 Å². The van der Waals surface area contributed by atoms with Crippen molar-refractivity contribution in [3.8, 4) is 0 Å². The maximum absolute atomic E-state index is 12.2. The molecule has 0 saturated carbocycles. The van der Waals surface area contributed by atoms with Gasteiger partial charge in [-0.2, -0.15) is 0 Å². The lowest BCUT2D eigenvalue weighted by atomic mass is 9.82. The van der Waals surface area contributed by atoms with Crippen molar-refractivity contribution in [3.63, 3.8) is 0 Å². The number of amides is 2. The molecule has 24 heavy (non-hydrogen) atoms. The van der Waals surface area contributed by atoms with Crippen molar-refractivity contribution in [2.45, 2.75) is 26.2 Å². The first-order chi connectivity index (χ1) is 11.3. The minimum absolute atomic E-state index is 0.0105. The van der Waals surface area contributed by atoms with Crippen molar-refractivity contribution < 1.29 is 14.0 Å². The fraction of sp³-hybridized carbons (Fsp3) is 0.368. The van der Waals surface area contributed by atoms with Crippen LogP contribution in [0, 0.1) is 6.92 Å². The fourth-order valence-corrected chi connectivity index (χ4v) is 2.68. The number of carbonyl (C=O) groups excluding carboxylic acids is 2. The summed E-state index contributed by atoms with van der Waals surface area (Å²) in [4.78, 5) is 25.6. The molecule has 2 aromatic rings. The molecule has 0 atom stereocenters. The molecule has 0 bridgehead atoms. The molecule has 0 aliphatic heterocycles. The summed E-state index contributed by atoms with van der Waals surface area (Å²) >= 11 is 0. The van der Waals surface area contributed by atoms with Gasteiger partial charge in [-0.3, -0.25) is 9.59 Å². The van der Waals surface area contributed by atoms with Gasteiger partial charge in [0.25, 0.3) is 5.91 Å². The molecule has 0 aliphatic carbocycles. The van der Waals surface area contributed by atoms with Crippen molar-refractivity contribution in [2.24, 2.45) is 0 Å². The van der Waals surface area contributed by atoms with Gasteiger partial charge in [0.2, 0.25) is 5.91 Å². The third kappa shape index (κ3) is 4.25. The lowest BCUT2D eigenvalue weighted by Crippen LogP contribution is -2.43. The number of benzene rings is 1. The molecule has 0 saturated heterocycles. The molecule has 128 valence electrons. The predicted octanol–water partition coefficient (Wildman–Crippen LogP) is 2.75. The van der Waals surface area contributed by atoms with Crippen LogP contribution in [0.15, 0.2) is 47.1 Å². The molecule has 0 aliphatic rings. The van der Waals surface area contributed by atoms with Crippen LogP contribution in [-0.2, 0) is 10.2 Å². The van der Waals surface area contributed by atoms with E-state index in [1.54, 1.807) is 19.2 Å². The highest BCUT2D eigenvalue weighted by atomic mass is 16.3. The molecule has 1 aromatic heterocycles. The molecular weight excluding hydrogens is 304 g/mol. The highest BCUT2D eigenvalue weighted by Crippen LogP contribution is 2.25. The molecular formula is C19H24N2O3. The zero-order chi connectivity index (χ0) is 17.7. The first-order valence-electron chi connectivity index (χ1n) is 7.93. The average Bonchev–Trinajstić information content (AvgIpc) is 3.07. The standard InChI is InChI=1S/C19H24N2O3/c1-14-8-5-6-9-15(14)19(2,3)13-20-17(22)12-21(4)18(23)16-10-7-11-24-16/h5-11H,12-13H2,1-4H3,(H,20,22). The molecule has 5 nitrogen and oxygen atoms in total. The van der Waals surface area contributed by atoms with Crippen molar-refractivity contribution in [2.75, 3.05) is 20.1 Å². The highest BCUT2D eigenvalue weighted by molar-refractivity contribution is 5.94. The number of nitrogens with one attached hydrogen (secondary N) is 1. The van der Waals surface area contributed by atoms with E-state index in [1.807, 2.05) is 12.1 Å². The van der Waals surface area contributed by atoms with Gasteiger partial charge < -0.3 is 14.6 Å². The van der Waals surface area contributed by atoms with Gasteiger partial charge in [0, 0.05) is 19.0 Å². The Morgan fingerprint density at radius 3 is 2.50 bits per heavy atom. The SMILES string of the molecule is Cc1ccccc1C(C)(C)CNC(=O)CN(C)C(=O)c1ccco1. The molecule has 1 N–H and O–H groups in total. The number of nitrogens with zero attached hydrogens (tertiary/aromatic N) is 1. The molecule has 0 spiro atoms. The predicted molar refractivity (Wildman–Crippen MR) is 92.9 cm³/mol. The van der Waals surface area contributed by atoms with Crippen LogP contribution in [0.1, 0.15) is 35.5 Å². The van der Waals surface area contributed by atoms with Crippen molar-refractivity contribution in [1.29, 1.82) is 0 Å². The Bertz CT molecular complexity index is 705. The van der Waals surface area contributed by atoms with Gasteiger partial charge in [0.1, 0.15) is 0 Å². The number of rotatable bonds is 6. The second kappa shape index (κ2) is 7.34. The van der Waals surface area contributed by atoms with Gasteiger partial charge in [-0.15, -0.1) is 0 Å². The third-order valence-electron chi connectivity index (χ3n) is 4.06. The summed E-state index contributed by atoms with van der Waals surface area (Å²) in [6.45, 7) is 6.73. The number of aryl methyl sites for hydroxylation is 1. The van der Waals surface area contributed by atoms with E-state index in [1.165, 1.54) is 22.3 Å². The van der Waals surface area contributed by atoms with E-state index in [9.17, 15) is 9.59 Å². The molecule has 2 rings (SSSR count). The van der Waals surface area contributed by atoms with E-state index in [0.29, 0.717) is 6.54 Å². The lowest BCUT2D eigenvalue weighted by Gasteiger charge is -2.28. The van der Waals surface area contributed by atoms with Crippen molar-refractivity contribution in [3.05, 3.63) is 59.5 Å². The van der Waals surface area contributed by atoms with Crippen LogP contribution in [0.25, 0.3) is 0 Å². The van der Waals surface area contributed by atoms with E-state index in [0.717, 1.165) is 0 Å². The summed E-state index contributed by atoms with van der Waals surface area (Å²) in [6, 6.07) is 11.4. The maximum Gasteiger partial charge on any atom is 0.289 e. The number of furan rings is 1. The number of hydrogen-bond donors (Lipinski definition) is 1. The number of likely N-dealkylation sites (N-methyl/N-ethyl adjacent to an activating group) is 1. The Morgan fingerprint density at radius 2 is 1.88 bits per heavy atom. The van der Waals surface area contributed by atoms with E-state index in [2.05, 4.69) is 38.2 Å². The minimum atomic E-state index is -0.312. The average molecular weight is 328 g/mol. The Balaban J connectivity index is 1.91. The molecule has 0 radical (unpaired) electrons. The zero-order valence-corrected chi connectivity index (χ0v) is 14.6. The summed E-state index contributed by atoms with van der Waals surface area (Å²) < 4.78 is 5.06. The second-order valence-electron chi connectivity index (χ2n) is 6.61. The van der Waals surface area contributed by atoms with Gasteiger partial charge in [-0.05, 0) is 30.2 Å². The number of hydrogen-bond acceptors (Lipinski definition) is 3. The molecule has 1 aromatic carbocycles. The highest BCUT2D eigenvalue weighted by Gasteiger charge is 2.24. The molecule has 1 heterocycles. The molecule has 5 heteroatoms. The van der Waals surface area contributed by atoms with Crippen LogP contribution in [0.2, 0.25) is 0 Å². The van der Waals surface area contributed by atoms with Crippen LogP contribution in [0.3, 0.4) is 0 Å². The maximum atomic E-state index is 12.2. The number of carbonyl (C=O) groups is 2. The normalized spacial score (nSPS) is 11.2. The van der Waals surface area contributed by atoms with Crippen LogP contribution in [-0.4, -0.2) is 36.9 Å². The van der Waals surface area contributed by atoms with Crippen LogP contribution in [0.5, 0.6) is 0 Å². The first-order valence-corrected chi connectivity index (χ1v) is 7.93. The Kier molecular flexibility index (Phi) is 5.44. The van der Waals surface area contributed by atoms with Gasteiger partial charge in [0.15, 0.2) is 5.76 Å². The summed E-state index contributed by atoms with van der Waals surface area (Å²) in [5.41, 5.74) is 2.21. The van der Waals surface area contributed by atoms with Gasteiger partial charge in [0.05, 0.1) is 12.8 Å². The van der Waals surface area contributed by atoms with Crippen LogP contribution in [0.4, 0.5) is 0 Å². The Morgan fingerprint density at radius 1 is 1.17 bits per heavy atom. The largest absolute Gasteiger partial charge is 0.459 e. The van der Waals surface area contributed by atoms with E-state index >= 15 is 0 Å².